The highest BCUT2D eigenvalue weighted by Crippen LogP contribution is 2.48. The van der Waals surface area contributed by atoms with Crippen molar-refractivity contribution in [3.63, 3.8) is 0 Å². The third kappa shape index (κ3) is 8.02. The minimum atomic E-state index is -5.24. The van der Waals surface area contributed by atoms with Crippen LogP contribution in [0.25, 0.3) is 6.08 Å². The van der Waals surface area contributed by atoms with Gasteiger partial charge >= 0.3 is 24.7 Å². The van der Waals surface area contributed by atoms with E-state index in [1.165, 1.54) is 6.92 Å². The lowest BCUT2D eigenvalue weighted by molar-refractivity contribution is -0.758. The van der Waals surface area contributed by atoms with Crippen molar-refractivity contribution in [2.45, 2.75) is 38.4 Å². The summed E-state index contributed by atoms with van der Waals surface area (Å²) in [5.41, 5.74) is -5.04. The normalized spacial score (nSPS) is 16.9. The Morgan fingerprint density at radius 1 is 1.05 bits per heavy atom. The number of alkyl halides is 6. The molecule has 1 aromatic carbocycles. The highest BCUT2D eigenvalue weighted by atomic mass is 19.4. The first-order chi connectivity index (χ1) is 17.6. The summed E-state index contributed by atoms with van der Waals surface area (Å²) in [4.78, 5) is 46.0. The number of fused-ring (bicyclic) bond motifs is 1. The lowest BCUT2D eigenvalue weighted by Gasteiger charge is -2.37. The van der Waals surface area contributed by atoms with Crippen LogP contribution >= 0.6 is 0 Å². The van der Waals surface area contributed by atoms with Crippen LogP contribution in [0.1, 0.15) is 25.0 Å². The van der Waals surface area contributed by atoms with Gasteiger partial charge in [-0.15, -0.1) is 23.3 Å². The monoisotopic (exact) mass is 563 g/mol. The van der Waals surface area contributed by atoms with Gasteiger partial charge in [0, 0.05) is 5.56 Å². The van der Waals surface area contributed by atoms with Gasteiger partial charge in [-0.1, -0.05) is 6.92 Å². The molecule has 1 aliphatic rings. The topological polar surface area (TPSA) is 142 Å². The van der Waals surface area contributed by atoms with Crippen molar-refractivity contribution in [1.29, 1.82) is 0 Å². The van der Waals surface area contributed by atoms with Crippen molar-refractivity contribution in [1.82, 2.24) is 0 Å². The standard InChI is InChI=1S/C20H19F6NO11/c1-3-11-8-13(35-20(24,25)26)9-12-10-14(18(2,19(21,22)23)36-15(11)12)16(28)37-38-17(29)33-6-4-32-5-7-34-27(30)31/h8-10H,3-7H2,1-2H3. The van der Waals surface area contributed by atoms with Crippen LogP contribution in [0, 0.1) is 10.1 Å². The Labute approximate surface area is 208 Å². The summed E-state index contributed by atoms with van der Waals surface area (Å²) < 4.78 is 98.1. The maximum absolute atomic E-state index is 14.0. The Morgan fingerprint density at radius 2 is 1.71 bits per heavy atom. The molecule has 2 rings (SSSR count). The minimum absolute atomic E-state index is 0.0552. The van der Waals surface area contributed by atoms with Gasteiger partial charge in [0.1, 0.15) is 24.7 Å². The predicted molar refractivity (Wildman–Crippen MR) is 108 cm³/mol. The Hall–Kier alpha value is -3.96. The Kier molecular flexibility index (Phi) is 9.60. The SMILES string of the molecule is CCc1cc(OC(F)(F)F)cc2c1OC(C)(C(F)(F)F)C(C(=O)OOC(=O)OCCOCCO[N+](=O)[O-])=C2. The lowest BCUT2D eigenvalue weighted by atomic mass is 9.88. The maximum Gasteiger partial charge on any atom is 0.573 e. The molecule has 0 fully saturated rings. The summed E-state index contributed by atoms with van der Waals surface area (Å²) in [5.74, 6) is -3.08. The molecule has 1 aliphatic heterocycles. The zero-order valence-electron chi connectivity index (χ0n) is 19.5. The van der Waals surface area contributed by atoms with Crippen LogP contribution in [0.4, 0.5) is 31.1 Å². The summed E-state index contributed by atoms with van der Waals surface area (Å²) >= 11 is 0. The molecular formula is C20H19F6NO11. The largest absolute Gasteiger partial charge is 0.573 e. The van der Waals surface area contributed by atoms with Gasteiger partial charge in [-0.2, -0.15) is 18.0 Å². The highest BCUT2D eigenvalue weighted by Gasteiger charge is 2.60. The van der Waals surface area contributed by atoms with E-state index in [1.54, 1.807) is 0 Å². The van der Waals surface area contributed by atoms with Crippen LogP contribution < -0.4 is 9.47 Å². The zero-order chi connectivity index (χ0) is 28.7. The van der Waals surface area contributed by atoms with E-state index in [1.807, 2.05) is 0 Å². The molecule has 38 heavy (non-hydrogen) atoms. The van der Waals surface area contributed by atoms with E-state index < -0.39 is 65.6 Å². The van der Waals surface area contributed by atoms with Crippen LogP contribution in [-0.2, 0) is 35.3 Å². The number of carbonyl (C=O) groups is 2. The van der Waals surface area contributed by atoms with Crippen molar-refractivity contribution in [2.24, 2.45) is 0 Å². The van der Waals surface area contributed by atoms with Crippen LogP contribution in [0.2, 0.25) is 0 Å². The van der Waals surface area contributed by atoms with Gasteiger partial charge in [0.25, 0.3) is 5.09 Å². The second kappa shape index (κ2) is 12.1. The molecule has 0 bridgehead atoms. The molecule has 0 aromatic heterocycles. The molecular weight excluding hydrogens is 544 g/mol. The number of aryl methyl sites for hydroxylation is 1. The van der Waals surface area contributed by atoms with E-state index in [9.17, 15) is 46.0 Å². The van der Waals surface area contributed by atoms with Gasteiger partial charge < -0.3 is 23.8 Å². The molecule has 0 aliphatic carbocycles. The van der Waals surface area contributed by atoms with Crippen molar-refractivity contribution in [2.75, 3.05) is 26.4 Å². The molecule has 1 heterocycles. The molecule has 1 aromatic rings. The summed E-state index contributed by atoms with van der Waals surface area (Å²) in [7, 11) is 0. The molecule has 18 heteroatoms. The fraction of sp³-hybridized carbons (Fsp3) is 0.500. The maximum atomic E-state index is 14.0. The fourth-order valence-corrected chi connectivity index (χ4v) is 2.98. The number of hydrogen-bond donors (Lipinski definition) is 0. The Morgan fingerprint density at radius 3 is 2.29 bits per heavy atom. The van der Waals surface area contributed by atoms with Crippen LogP contribution in [0.15, 0.2) is 17.7 Å². The second-order valence-electron chi connectivity index (χ2n) is 7.31. The molecule has 0 radical (unpaired) electrons. The van der Waals surface area contributed by atoms with Gasteiger partial charge in [-0.3, -0.25) is 0 Å². The molecule has 1 unspecified atom stereocenters. The first-order valence-electron chi connectivity index (χ1n) is 10.4. The number of carbonyl (C=O) groups excluding carboxylic acids is 2. The van der Waals surface area contributed by atoms with Crippen LogP contribution in [0.3, 0.4) is 0 Å². The number of rotatable bonds is 10. The van der Waals surface area contributed by atoms with Crippen molar-refractivity contribution >= 4 is 18.2 Å². The summed E-state index contributed by atoms with van der Waals surface area (Å²) in [5, 5.41) is 8.89. The van der Waals surface area contributed by atoms with Crippen molar-refractivity contribution in [3.05, 3.63) is 38.9 Å². The third-order valence-corrected chi connectivity index (χ3v) is 4.72. The van der Waals surface area contributed by atoms with Gasteiger partial charge in [0.2, 0.25) is 5.60 Å². The Bertz CT molecular complexity index is 1070. The van der Waals surface area contributed by atoms with Gasteiger partial charge in [0.05, 0.1) is 18.8 Å². The molecule has 12 nitrogen and oxygen atoms in total. The molecule has 212 valence electrons. The quantitative estimate of drug-likeness (QED) is 0.102. The number of ether oxygens (including phenoxy) is 4. The van der Waals surface area contributed by atoms with E-state index >= 15 is 0 Å². The van der Waals surface area contributed by atoms with Gasteiger partial charge in [-0.25, -0.2) is 14.6 Å². The summed E-state index contributed by atoms with van der Waals surface area (Å²) in [6, 6.07) is 1.55. The molecule has 1 atom stereocenters. The first-order valence-corrected chi connectivity index (χ1v) is 10.4. The number of benzene rings is 1. The van der Waals surface area contributed by atoms with Crippen molar-refractivity contribution in [3.8, 4) is 11.5 Å². The number of halogens is 6. The smallest absolute Gasteiger partial charge is 0.472 e. The molecule has 0 N–H and O–H groups in total. The van der Waals surface area contributed by atoms with Gasteiger partial charge in [-0.05, 0) is 37.1 Å². The van der Waals surface area contributed by atoms with Crippen LogP contribution in [-0.4, -0.2) is 61.8 Å². The molecule has 0 amide bonds. The Balaban J connectivity index is 2.15. The molecule has 0 saturated heterocycles. The average Bonchev–Trinajstić information content (AvgIpc) is 2.79. The average molecular weight is 563 g/mol. The molecule has 0 saturated carbocycles. The fourth-order valence-electron chi connectivity index (χ4n) is 2.98. The first kappa shape index (κ1) is 30.3. The predicted octanol–water partition coefficient (Wildman–Crippen LogP) is 4.08. The van der Waals surface area contributed by atoms with Gasteiger partial charge in [0.15, 0.2) is 0 Å². The third-order valence-electron chi connectivity index (χ3n) is 4.72. The highest BCUT2D eigenvalue weighted by molar-refractivity contribution is 5.97. The van der Waals surface area contributed by atoms with E-state index in [0.717, 1.165) is 6.07 Å². The van der Waals surface area contributed by atoms with E-state index in [2.05, 4.69) is 24.1 Å². The van der Waals surface area contributed by atoms with E-state index in [-0.39, 0.29) is 30.8 Å². The van der Waals surface area contributed by atoms with Crippen LogP contribution in [0.5, 0.6) is 11.5 Å². The number of hydrogen-bond acceptors (Lipinski definition) is 11. The summed E-state index contributed by atoms with van der Waals surface area (Å²) in [6.45, 7) is 0.469. The summed E-state index contributed by atoms with van der Waals surface area (Å²) in [6.07, 6.45) is -11.5. The minimum Gasteiger partial charge on any atom is -0.472 e. The second-order valence-corrected chi connectivity index (χ2v) is 7.31. The zero-order valence-corrected chi connectivity index (χ0v) is 19.5. The van der Waals surface area contributed by atoms with Crippen molar-refractivity contribution < 1.29 is 74.6 Å². The molecule has 0 spiro atoms. The lowest BCUT2D eigenvalue weighted by Crippen LogP contribution is -2.52. The van der Waals surface area contributed by atoms with E-state index in [4.69, 9.17) is 9.47 Å². The number of nitrogens with zero attached hydrogens (tertiary/aromatic N) is 1. The van der Waals surface area contributed by atoms with E-state index in [0.29, 0.717) is 19.1 Å².